The highest BCUT2D eigenvalue weighted by Crippen LogP contribution is 2.59. The van der Waals surface area contributed by atoms with Gasteiger partial charge >= 0.3 is 12.7 Å². The lowest BCUT2D eigenvalue weighted by Crippen LogP contribution is -2.60. The van der Waals surface area contributed by atoms with E-state index in [0.717, 1.165) is 135 Å². The monoisotopic (exact) mass is 2040 g/mol. The molecule has 0 bridgehead atoms. The van der Waals surface area contributed by atoms with E-state index in [1.54, 1.807) is 64.2 Å². The third-order valence-corrected chi connectivity index (χ3v) is 29.6. The van der Waals surface area contributed by atoms with Crippen molar-refractivity contribution in [1.29, 1.82) is 0 Å². The number of anilines is 5. The van der Waals surface area contributed by atoms with Crippen LogP contribution in [0.25, 0.3) is 60.0 Å². The third-order valence-electron chi connectivity index (χ3n) is 29.6. The van der Waals surface area contributed by atoms with Crippen LogP contribution < -0.4 is 36.1 Å². The number of aromatic nitrogens is 10. The number of halogens is 16. The van der Waals surface area contributed by atoms with Gasteiger partial charge in [0.15, 0.2) is 46.1 Å². The highest BCUT2D eigenvalue weighted by Gasteiger charge is 2.68. The molecule has 784 valence electrons. The first kappa shape index (κ1) is 108. The minimum absolute atomic E-state index is 0.000339. The normalized spacial score (nSPS) is 21.3. The van der Waals surface area contributed by atoms with Crippen molar-refractivity contribution in [2.75, 3.05) is 26.6 Å². The van der Waals surface area contributed by atoms with Gasteiger partial charge in [0, 0.05) is 103 Å². The molecule has 0 saturated heterocycles. The summed E-state index contributed by atoms with van der Waals surface area (Å²) in [5.41, 5.74) is -7.57. The summed E-state index contributed by atoms with van der Waals surface area (Å²) in [4.78, 5) is 87.5. The summed E-state index contributed by atoms with van der Waals surface area (Å²) >= 11 is 0. The molecule has 8 N–H and O–H groups in total. The summed E-state index contributed by atoms with van der Waals surface area (Å²) in [7, 11) is 0. The van der Waals surface area contributed by atoms with Crippen molar-refractivity contribution in [3.05, 3.63) is 112 Å². The summed E-state index contributed by atoms with van der Waals surface area (Å²) in [6, 6.07) is 13.6. The molecular weight excluding hydrogens is 1910 g/mol. The maximum Gasteiger partial charge on any atom is 0.573 e. The fourth-order valence-corrected chi connectivity index (χ4v) is 19.3. The molecule has 8 aliphatic rings. The molecule has 144 heavy (non-hydrogen) atoms. The van der Waals surface area contributed by atoms with Gasteiger partial charge in [0.25, 0.3) is 11.8 Å². The molecule has 8 saturated carbocycles. The number of imidazole rings is 5. The van der Waals surface area contributed by atoms with Crippen molar-refractivity contribution in [2.24, 2.45) is 34.0 Å². The van der Waals surface area contributed by atoms with Crippen LogP contribution in [0.4, 0.5) is 106 Å². The summed E-state index contributed by atoms with van der Waals surface area (Å²) in [5, 5.41) is 44.7. The number of hydrogen-bond donors (Lipinski definition) is 8. The Morgan fingerprint density at radius 2 is 0.819 bits per heavy atom. The molecule has 5 aromatic carbocycles. The van der Waals surface area contributed by atoms with E-state index in [1.807, 2.05) is 66.9 Å². The fraction of sp³-hybridized carbons (Fsp3) is 0.598. The second-order valence-corrected chi connectivity index (χ2v) is 45.1. The zero-order valence-corrected chi connectivity index (χ0v) is 83.7. The first-order valence-corrected chi connectivity index (χ1v) is 48.5. The molecule has 0 spiro atoms. The minimum atomic E-state index is -4.95. The lowest BCUT2D eigenvalue weighted by Gasteiger charge is -2.47. The summed E-state index contributed by atoms with van der Waals surface area (Å²) in [6.07, 6.45) is 3.40. The van der Waals surface area contributed by atoms with E-state index < -0.39 is 148 Å². The molecule has 8 aliphatic carbocycles. The molecule has 5 aromatic heterocycles. The van der Waals surface area contributed by atoms with Crippen LogP contribution in [0.5, 0.6) is 11.5 Å². The Kier molecular flexibility index (Phi) is 29.0. The highest BCUT2D eigenvalue weighted by atomic mass is 19.4. The number of aliphatic hydroxyl groups is 3. The molecule has 5 unspecified atom stereocenters. The second-order valence-electron chi connectivity index (χ2n) is 45.1. The maximum atomic E-state index is 14.8. The van der Waals surface area contributed by atoms with Gasteiger partial charge in [-0.15, -0.1) is 26.3 Å². The molecule has 42 heteroatoms. The van der Waals surface area contributed by atoms with Crippen LogP contribution in [-0.4, -0.2) is 129 Å². The Hall–Kier alpha value is -11.4. The summed E-state index contributed by atoms with van der Waals surface area (Å²) in [5.74, 6) is -14.4. The van der Waals surface area contributed by atoms with E-state index in [0.29, 0.717) is 33.6 Å². The van der Waals surface area contributed by atoms with E-state index in [2.05, 4.69) is 72.7 Å². The summed E-state index contributed by atoms with van der Waals surface area (Å²) in [6.45, 7) is 37.4. The van der Waals surface area contributed by atoms with E-state index in [-0.39, 0.29) is 145 Å². The number of alkyl halides is 12. The smallest absolute Gasteiger partial charge is 0.415 e. The van der Waals surface area contributed by atoms with Gasteiger partial charge in [0.1, 0.15) is 22.1 Å². The topological polar surface area (TPSA) is 318 Å². The average molecular weight is 2040 g/mol. The van der Waals surface area contributed by atoms with E-state index in [9.17, 15) is 110 Å². The van der Waals surface area contributed by atoms with Crippen molar-refractivity contribution in [3.63, 3.8) is 0 Å². The van der Waals surface area contributed by atoms with Gasteiger partial charge in [-0.05, 0) is 242 Å². The molecular formula is C102H124F16N16O10. The van der Waals surface area contributed by atoms with Crippen LogP contribution in [0.15, 0.2) is 60.7 Å². The number of nitrogens with one attached hydrogen (secondary N) is 5. The molecule has 5 atom stereocenters. The van der Waals surface area contributed by atoms with Gasteiger partial charge in [-0.25, -0.2) is 73.7 Å². The van der Waals surface area contributed by atoms with Crippen LogP contribution in [0.3, 0.4) is 0 Å². The summed E-state index contributed by atoms with van der Waals surface area (Å²) < 4.78 is 235. The highest BCUT2D eigenvalue weighted by molar-refractivity contribution is 5.98. The molecule has 10 aromatic rings. The number of amides is 5. The number of benzene rings is 5. The first-order chi connectivity index (χ1) is 66.3. The predicted molar refractivity (Wildman–Crippen MR) is 510 cm³/mol. The van der Waals surface area contributed by atoms with Crippen LogP contribution in [0, 0.1) is 63.8 Å². The molecule has 18 rings (SSSR count). The number of rotatable bonds is 23. The van der Waals surface area contributed by atoms with Crippen LogP contribution >= 0.6 is 0 Å². The zero-order chi connectivity index (χ0) is 106. The number of carbonyl (C=O) groups excluding carboxylic acids is 5. The van der Waals surface area contributed by atoms with E-state index in [4.69, 9.17) is 6.57 Å². The van der Waals surface area contributed by atoms with E-state index >= 15 is 0 Å². The molecule has 5 amide bonds. The van der Waals surface area contributed by atoms with Crippen LogP contribution in [0.2, 0.25) is 0 Å². The second kappa shape index (κ2) is 38.5. The number of hydrogen-bond acceptors (Lipinski definition) is 15. The SMILES string of the molecule is CC(C(=O)Nc1nc2c(F)cc(C(C)(C)O)cc2n1C1CCC1)C1(C)CC1.CC(C)(C)CC(=O)Nc1nc2ccc(C(C)(C)O)c(OC(F)(F)F)c2n1C1CCC1.CC(C)(O)c1cc(F)c2nc(NC(=O)CC3CC(F)(F)C3(C)F)n(C3(C)CCC3)c2c1.CC1(n2c(NC(=O)CC3CC(F)(F)C3(C)F)nc3cc(F)c(F)cc32)CCC1.[C-]#[N+]c1ccc2nc(NC(=O)CC(C)(C)C)n(C3CCC3)c2c1OC(F)(F)F. The van der Waals surface area contributed by atoms with Gasteiger partial charge in [-0.1, -0.05) is 67.5 Å². The Bertz CT molecular complexity index is 6640. The fourth-order valence-electron chi connectivity index (χ4n) is 19.3. The Labute approximate surface area is 821 Å². The third kappa shape index (κ3) is 22.6. The largest absolute Gasteiger partial charge is 0.573 e. The van der Waals surface area contributed by atoms with E-state index in [1.165, 1.54) is 44.2 Å². The van der Waals surface area contributed by atoms with Crippen molar-refractivity contribution in [3.8, 4) is 11.5 Å². The van der Waals surface area contributed by atoms with Gasteiger partial charge in [0.05, 0.1) is 56.5 Å². The molecule has 8 fully saturated rings. The molecule has 0 radical (unpaired) electrons. The van der Waals surface area contributed by atoms with Crippen molar-refractivity contribution < 1.29 is 119 Å². The standard InChI is InChI=1S/C22H27F4N3O2.C21H28F3N3O3.C21H28FN3O2.C19H20F5N3O.C19H21F3N4O2/c1-19(2,31)12-8-14(23)17-15(9-12)29(20(3)6-5-7-20)18(28-17)27-16(30)10-13-11-22(25,26)21(13,4)24;1-19(2,3)11-15(28)26-18-25-14-10-9-13(20(4,5)29)17(30-21(22,23)24)16(14)27(18)12-7-6-8-12;1-12(21(4)8-9-21)18(26)24-19-23-17-15(22)10-13(20(2,3)27)11-16(17)25(19)14-6-5-7-14;1-17(4-3-5-17)27-14-8-12(21)11(20)7-13(14)25-16(27)26-15(28)6-10-9-19(23,24)18(10,2)22;1-18(2,3)10-14(27)25-17-24-12-8-9-13(23-4)16(28-19(20,21)22)15(12)26(17)11-6-5-7-11/h8-9,13,31H,5-7,10-11H2,1-4H3,(H,27,28,30);9-10,12,29H,6-8,11H2,1-5H3,(H,25,26,28);10-12,14,27H,5-9H2,1-4H3,(H,23,24,26);7-8,10H,3-6,9H2,1-2H3,(H,25,26,28);8-9,11H,5-7,10H2,1-3H3,(H,24,25,27). The Morgan fingerprint density at radius 1 is 0.444 bits per heavy atom. The minimum Gasteiger partial charge on any atom is -0.415 e. The zero-order valence-electron chi connectivity index (χ0n) is 83.7. The molecule has 26 nitrogen and oxygen atoms in total. The molecule has 0 aliphatic heterocycles. The number of ether oxygens (including phenoxy) is 2. The molecule has 5 heterocycles. The quantitative estimate of drug-likeness (QED) is 0.0218. The lowest BCUT2D eigenvalue weighted by atomic mass is 9.67. The number of nitrogens with zero attached hydrogens (tertiary/aromatic N) is 11. The Balaban J connectivity index is 0.000000143. The van der Waals surface area contributed by atoms with Gasteiger partial charge < -0.3 is 47.6 Å². The average Bonchev–Trinajstić information content (AvgIpc) is 1.32. The first-order valence-electron chi connectivity index (χ1n) is 48.5. The maximum absolute atomic E-state index is 14.8. The Morgan fingerprint density at radius 3 is 1.20 bits per heavy atom. The van der Waals surface area contributed by atoms with Crippen molar-refractivity contribution in [2.45, 2.75) is 354 Å². The lowest BCUT2D eigenvalue weighted by molar-refractivity contribution is -0.275. The number of carbonyl (C=O) groups is 5. The van der Waals surface area contributed by atoms with Crippen molar-refractivity contribution in [1.82, 2.24) is 47.8 Å². The number of fused-ring (bicyclic) bond motifs is 5. The van der Waals surface area contributed by atoms with Gasteiger partial charge in [-0.3, -0.25) is 50.6 Å². The van der Waals surface area contributed by atoms with Gasteiger partial charge in [-0.2, -0.15) is 0 Å². The van der Waals surface area contributed by atoms with Gasteiger partial charge in [0.2, 0.25) is 65.0 Å². The van der Waals surface area contributed by atoms with Crippen LogP contribution in [-0.2, 0) is 51.9 Å². The van der Waals surface area contributed by atoms with Crippen LogP contribution in [0.1, 0.15) is 307 Å². The predicted octanol–water partition coefficient (Wildman–Crippen LogP) is 25.3. The van der Waals surface area contributed by atoms with Crippen molar-refractivity contribution >= 4 is 120 Å².